The van der Waals surface area contributed by atoms with Crippen molar-refractivity contribution in [3.63, 3.8) is 0 Å². The molecule has 3 heteroatoms. The number of ether oxygens (including phenoxy) is 1. The first-order valence-electron chi connectivity index (χ1n) is 5.29. The maximum Gasteiger partial charge on any atom is 0.236 e. The molecule has 2 heterocycles. The second kappa shape index (κ2) is 3.65. The molecule has 1 aliphatic heterocycles. The van der Waals surface area contributed by atoms with E-state index in [-0.39, 0.29) is 5.54 Å². The second-order valence-electron chi connectivity index (χ2n) is 4.38. The van der Waals surface area contributed by atoms with E-state index >= 15 is 0 Å². The zero-order valence-electron chi connectivity index (χ0n) is 9.45. The molecule has 0 aliphatic carbocycles. The molecule has 0 N–H and O–H groups in total. The Kier molecular flexibility index (Phi) is 2.47. The lowest BCUT2D eigenvalue weighted by Gasteiger charge is -2.07. The van der Waals surface area contributed by atoms with Crippen molar-refractivity contribution in [3.05, 3.63) is 29.6 Å². The maximum atomic E-state index is 5.58. The van der Waals surface area contributed by atoms with Crippen LogP contribution in [0, 0.1) is 0 Å². The number of aryl methyl sites for hydroxylation is 1. The Labute approximate surface area is 90.2 Å². The summed E-state index contributed by atoms with van der Waals surface area (Å²) < 4.78 is 5.58. The Morgan fingerprint density at radius 3 is 2.87 bits per heavy atom. The van der Waals surface area contributed by atoms with Crippen LogP contribution in [-0.2, 0) is 11.2 Å². The van der Waals surface area contributed by atoms with Gasteiger partial charge in [-0.25, -0.2) is 4.99 Å². The highest BCUT2D eigenvalue weighted by atomic mass is 16.5. The molecule has 0 aromatic carbocycles. The van der Waals surface area contributed by atoms with Crippen LogP contribution in [0.2, 0.25) is 0 Å². The van der Waals surface area contributed by atoms with Gasteiger partial charge in [-0.1, -0.05) is 13.0 Å². The normalized spacial score (nSPS) is 18.5. The van der Waals surface area contributed by atoms with Gasteiger partial charge in [0.2, 0.25) is 5.90 Å². The first-order chi connectivity index (χ1) is 7.12. The number of aromatic nitrogens is 1. The van der Waals surface area contributed by atoms with Crippen molar-refractivity contribution in [1.29, 1.82) is 0 Å². The number of hydrogen-bond acceptors (Lipinski definition) is 3. The second-order valence-corrected chi connectivity index (χ2v) is 4.38. The molecular weight excluding hydrogens is 188 g/mol. The molecule has 0 radical (unpaired) electrons. The van der Waals surface area contributed by atoms with Gasteiger partial charge in [0, 0.05) is 6.20 Å². The zero-order valence-corrected chi connectivity index (χ0v) is 9.45. The van der Waals surface area contributed by atoms with Crippen LogP contribution in [0.4, 0.5) is 0 Å². The summed E-state index contributed by atoms with van der Waals surface area (Å²) in [5.74, 6) is 0.692. The SMILES string of the molecule is CCc1cccnc1C1=NC(C)(C)CO1. The van der Waals surface area contributed by atoms with Crippen LogP contribution in [0.3, 0.4) is 0 Å². The third-order valence-electron chi connectivity index (χ3n) is 2.44. The minimum atomic E-state index is -0.113. The maximum absolute atomic E-state index is 5.58. The number of aliphatic imine (C=N–C) groups is 1. The fraction of sp³-hybridized carbons (Fsp3) is 0.500. The van der Waals surface area contributed by atoms with Crippen LogP contribution >= 0.6 is 0 Å². The predicted octanol–water partition coefficient (Wildman–Crippen LogP) is 2.20. The topological polar surface area (TPSA) is 34.5 Å². The summed E-state index contributed by atoms with van der Waals surface area (Å²) >= 11 is 0. The van der Waals surface area contributed by atoms with Gasteiger partial charge in [-0.3, -0.25) is 4.98 Å². The van der Waals surface area contributed by atoms with Crippen molar-refractivity contribution < 1.29 is 4.74 Å². The Morgan fingerprint density at radius 2 is 2.27 bits per heavy atom. The molecular formula is C12H16N2O. The predicted molar refractivity (Wildman–Crippen MR) is 60.2 cm³/mol. The van der Waals surface area contributed by atoms with E-state index in [9.17, 15) is 0 Å². The Hall–Kier alpha value is -1.38. The van der Waals surface area contributed by atoms with E-state index < -0.39 is 0 Å². The van der Waals surface area contributed by atoms with Crippen LogP contribution in [-0.4, -0.2) is 23.0 Å². The largest absolute Gasteiger partial charge is 0.474 e. The summed E-state index contributed by atoms with van der Waals surface area (Å²) in [6, 6.07) is 4.02. The van der Waals surface area contributed by atoms with Crippen LogP contribution in [0.25, 0.3) is 0 Å². The molecule has 2 rings (SSSR count). The smallest absolute Gasteiger partial charge is 0.236 e. The number of hydrogen-bond donors (Lipinski definition) is 0. The van der Waals surface area contributed by atoms with E-state index in [1.807, 2.05) is 6.07 Å². The molecule has 80 valence electrons. The van der Waals surface area contributed by atoms with E-state index in [2.05, 4.69) is 36.8 Å². The van der Waals surface area contributed by atoms with E-state index in [1.165, 1.54) is 5.56 Å². The first-order valence-corrected chi connectivity index (χ1v) is 5.29. The van der Waals surface area contributed by atoms with Gasteiger partial charge in [0.15, 0.2) is 0 Å². The van der Waals surface area contributed by atoms with Crippen molar-refractivity contribution in [2.45, 2.75) is 32.7 Å². The van der Waals surface area contributed by atoms with Gasteiger partial charge < -0.3 is 4.74 Å². The minimum Gasteiger partial charge on any atom is -0.474 e. The molecule has 15 heavy (non-hydrogen) atoms. The standard InChI is InChI=1S/C12H16N2O/c1-4-9-6-5-7-13-10(9)11-14-12(2,3)8-15-11/h5-7H,4,8H2,1-3H3. The third kappa shape index (κ3) is 2.01. The van der Waals surface area contributed by atoms with Gasteiger partial charge in [-0.05, 0) is 31.9 Å². The van der Waals surface area contributed by atoms with Crippen molar-refractivity contribution in [2.75, 3.05) is 6.61 Å². The molecule has 3 nitrogen and oxygen atoms in total. The van der Waals surface area contributed by atoms with E-state index in [1.54, 1.807) is 6.20 Å². The highest BCUT2D eigenvalue weighted by molar-refractivity contribution is 5.94. The number of nitrogens with zero attached hydrogens (tertiary/aromatic N) is 2. The molecule has 0 amide bonds. The molecule has 0 unspecified atom stereocenters. The molecule has 0 fully saturated rings. The summed E-state index contributed by atoms with van der Waals surface area (Å²) in [6.45, 7) is 6.88. The van der Waals surface area contributed by atoms with Crippen molar-refractivity contribution in [1.82, 2.24) is 4.98 Å². The number of pyridine rings is 1. The lowest BCUT2D eigenvalue weighted by Crippen LogP contribution is -2.17. The summed E-state index contributed by atoms with van der Waals surface area (Å²) in [4.78, 5) is 8.87. The Balaban J connectivity index is 2.39. The van der Waals surface area contributed by atoms with Gasteiger partial charge in [0.05, 0.1) is 5.54 Å². The molecule has 1 aliphatic rings. The van der Waals surface area contributed by atoms with E-state index in [0.29, 0.717) is 12.5 Å². The highest BCUT2D eigenvalue weighted by Gasteiger charge is 2.28. The Bertz CT molecular complexity index is 396. The third-order valence-corrected chi connectivity index (χ3v) is 2.44. The van der Waals surface area contributed by atoms with Crippen molar-refractivity contribution in [2.24, 2.45) is 4.99 Å². The van der Waals surface area contributed by atoms with Crippen molar-refractivity contribution >= 4 is 5.90 Å². The van der Waals surface area contributed by atoms with Crippen LogP contribution in [0.15, 0.2) is 23.3 Å². The van der Waals surface area contributed by atoms with Crippen LogP contribution in [0.1, 0.15) is 32.0 Å². The van der Waals surface area contributed by atoms with Gasteiger partial charge in [0.25, 0.3) is 0 Å². The fourth-order valence-electron chi connectivity index (χ4n) is 1.62. The van der Waals surface area contributed by atoms with Gasteiger partial charge in [0.1, 0.15) is 12.3 Å². The molecule has 1 aromatic rings. The summed E-state index contributed by atoms with van der Waals surface area (Å²) in [5, 5.41) is 0. The number of rotatable bonds is 2. The minimum absolute atomic E-state index is 0.113. The van der Waals surface area contributed by atoms with E-state index in [4.69, 9.17) is 4.74 Å². The monoisotopic (exact) mass is 204 g/mol. The summed E-state index contributed by atoms with van der Waals surface area (Å²) in [6.07, 6.45) is 2.73. The van der Waals surface area contributed by atoms with E-state index in [0.717, 1.165) is 12.1 Å². The fourth-order valence-corrected chi connectivity index (χ4v) is 1.62. The molecule has 0 bridgehead atoms. The molecule has 0 atom stereocenters. The average Bonchev–Trinajstić information content (AvgIpc) is 2.59. The first kappa shape index (κ1) is 10.1. The summed E-state index contributed by atoms with van der Waals surface area (Å²) in [7, 11) is 0. The zero-order chi connectivity index (χ0) is 10.9. The van der Waals surface area contributed by atoms with Gasteiger partial charge in [-0.15, -0.1) is 0 Å². The van der Waals surface area contributed by atoms with Crippen molar-refractivity contribution in [3.8, 4) is 0 Å². The summed E-state index contributed by atoms with van der Waals surface area (Å²) in [5.41, 5.74) is 1.97. The molecule has 1 aromatic heterocycles. The van der Waals surface area contributed by atoms with Gasteiger partial charge >= 0.3 is 0 Å². The molecule has 0 spiro atoms. The average molecular weight is 204 g/mol. The lowest BCUT2D eigenvalue weighted by atomic mass is 10.1. The molecule has 0 saturated heterocycles. The van der Waals surface area contributed by atoms with Crippen LogP contribution in [0.5, 0.6) is 0 Å². The Morgan fingerprint density at radius 1 is 1.47 bits per heavy atom. The van der Waals surface area contributed by atoms with Gasteiger partial charge in [-0.2, -0.15) is 0 Å². The quantitative estimate of drug-likeness (QED) is 0.740. The molecule has 0 saturated carbocycles. The van der Waals surface area contributed by atoms with Crippen LogP contribution < -0.4 is 0 Å². The highest BCUT2D eigenvalue weighted by Crippen LogP contribution is 2.21. The lowest BCUT2D eigenvalue weighted by molar-refractivity contribution is 0.279.